The molecule has 4 rings (SSSR count). The molecule has 1 aliphatic rings. The third-order valence-corrected chi connectivity index (χ3v) is 6.05. The molecule has 2 aromatic heterocycles. The van der Waals surface area contributed by atoms with Crippen LogP contribution in [0.25, 0.3) is 5.82 Å². The summed E-state index contributed by atoms with van der Waals surface area (Å²) < 4.78 is 1.74. The van der Waals surface area contributed by atoms with Crippen LogP contribution in [0.15, 0.2) is 48.7 Å². The molecule has 138 valence electrons. The zero-order valence-corrected chi connectivity index (χ0v) is 16.5. The molecule has 3 aromatic rings. The summed E-state index contributed by atoms with van der Waals surface area (Å²) in [5.41, 5.74) is 4.45. The Bertz CT molecular complexity index is 964. The maximum Gasteiger partial charge on any atom is 0.235 e. The first-order chi connectivity index (χ1) is 13.0. The van der Waals surface area contributed by atoms with Crippen molar-refractivity contribution in [3.05, 3.63) is 71.0 Å². The van der Waals surface area contributed by atoms with Gasteiger partial charge in [-0.05, 0) is 36.1 Å². The normalized spacial score (nSPS) is 16.7. The smallest absolute Gasteiger partial charge is 0.235 e. The number of carbonyl (C=O) groups is 1. The predicted octanol–water partition coefficient (Wildman–Crippen LogP) is 4.47. The van der Waals surface area contributed by atoms with Gasteiger partial charge in [-0.3, -0.25) is 4.79 Å². The Morgan fingerprint density at radius 3 is 2.63 bits per heavy atom. The van der Waals surface area contributed by atoms with Crippen molar-refractivity contribution >= 4 is 23.5 Å². The average Bonchev–Trinajstić information content (AvgIpc) is 2.88. The molecule has 0 saturated carbocycles. The number of anilines is 1. The first kappa shape index (κ1) is 17.8. The molecule has 0 bridgehead atoms. The lowest BCUT2D eigenvalue weighted by Gasteiger charge is -2.16. The fraction of sp³-hybridized carbons (Fsp3) is 0.286. The van der Waals surface area contributed by atoms with Crippen LogP contribution in [-0.4, -0.2) is 26.4 Å². The highest BCUT2D eigenvalue weighted by atomic mass is 32.2. The molecular formula is C21H22N4OS. The number of hydrogen-bond acceptors (Lipinski definition) is 4. The van der Waals surface area contributed by atoms with Crippen LogP contribution in [0.1, 0.15) is 47.4 Å². The zero-order valence-electron chi connectivity index (χ0n) is 15.6. The Kier molecular flexibility index (Phi) is 4.74. The Balaban J connectivity index is 1.83. The molecule has 6 heteroatoms. The fourth-order valence-electron chi connectivity index (χ4n) is 3.35. The predicted molar refractivity (Wildman–Crippen MR) is 110 cm³/mol. The van der Waals surface area contributed by atoms with E-state index in [1.54, 1.807) is 22.6 Å². The van der Waals surface area contributed by atoms with Gasteiger partial charge >= 0.3 is 0 Å². The lowest BCUT2D eigenvalue weighted by atomic mass is 9.98. The van der Waals surface area contributed by atoms with Crippen molar-refractivity contribution in [3.8, 4) is 5.82 Å². The Hall–Kier alpha value is -2.60. The third-order valence-electron chi connectivity index (χ3n) is 4.78. The highest BCUT2D eigenvalue weighted by molar-refractivity contribution is 8.00. The van der Waals surface area contributed by atoms with Crippen LogP contribution >= 0.6 is 11.8 Å². The molecule has 0 fully saturated rings. The van der Waals surface area contributed by atoms with Crippen molar-refractivity contribution in [1.29, 1.82) is 0 Å². The van der Waals surface area contributed by atoms with E-state index in [0.29, 0.717) is 17.5 Å². The van der Waals surface area contributed by atoms with Gasteiger partial charge in [-0.2, -0.15) is 9.78 Å². The van der Waals surface area contributed by atoms with E-state index in [1.165, 1.54) is 11.1 Å². The van der Waals surface area contributed by atoms with Crippen LogP contribution in [0.2, 0.25) is 0 Å². The lowest BCUT2D eigenvalue weighted by Crippen LogP contribution is -2.16. The summed E-state index contributed by atoms with van der Waals surface area (Å²) in [6, 6.07) is 14.4. The van der Waals surface area contributed by atoms with E-state index >= 15 is 0 Å². The van der Waals surface area contributed by atoms with Gasteiger partial charge in [0.1, 0.15) is 5.82 Å². The maximum absolute atomic E-state index is 12.4. The van der Waals surface area contributed by atoms with Crippen molar-refractivity contribution in [2.45, 2.75) is 31.9 Å². The largest absolute Gasteiger partial charge is 0.310 e. The minimum Gasteiger partial charge on any atom is -0.310 e. The van der Waals surface area contributed by atoms with E-state index in [9.17, 15) is 4.79 Å². The molecule has 0 spiro atoms. The summed E-state index contributed by atoms with van der Waals surface area (Å²) in [5, 5.41) is 7.78. The molecule has 5 nitrogen and oxygen atoms in total. The Morgan fingerprint density at radius 1 is 1.19 bits per heavy atom. The first-order valence-electron chi connectivity index (χ1n) is 9.07. The molecule has 1 atom stereocenters. The fourth-order valence-corrected chi connectivity index (χ4v) is 4.54. The van der Waals surface area contributed by atoms with Crippen LogP contribution in [-0.2, 0) is 4.79 Å². The number of pyridine rings is 1. The number of fused-ring (bicyclic) bond motifs is 1. The second-order valence-electron chi connectivity index (χ2n) is 7.01. The number of nitrogens with zero attached hydrogens (tertiary/aromatic N) is 3. The van der Waals surface area contributed by atoms with Crippen molar-refractivity contribution < 1.29 is 4.79 Å². The summed E-state index contributed by atoms with van der Waals surface area (Å²) >= 11 is 1.64. The van der Waals surface area contributed by atoms with Crippen LogP contribution in [0.3, 0.4) is 0 Å². The van der Waals surface area contributed by atoms with Crippen LogP contribution in [0.5, 0.6) is 0 Å². The molecule has 1 aliphatic heterocycles. The van der Waals surface area contributed by atoms with Gasteiger partial charge < -0.3 is 5.32 Å². The van der Waals surface area contributed by atoms with Crippen LogP contribution < -0.4 is 5.32 Å². The van der Waals surface area contributed by atoms with Gasteiger partial charge in [0, 0.05) is 11.8 Å². The van der Waals surface area contributed by atoms with E-state index in [0.717, 1.165) is 17.1 Å². The van der Waals surface area contributed by atoms with Crippen molar-refractivity contribution in [3.63, 3.8) is 0 Å². The number of hydrogen-bond donors (Lipinski definition) is 1. The summed E-state index contributed by atoms with van der Waals surface area (Å²) in [4.78, 5) is 16.8. The highest BCUT2D eigenvalue weighted by Gasteiger charge is 2.30. The lowest BCUT2D eigenvalue weighted by molar-refractivity contribution is -0.113. The van der Waals surface area contributed by atoms with E-state index in [1.807, 2.05) is 25.1 Å². The summed E-state index contributed by atoms with van der Waals surface area (Å²) in [6.07, 6.45) is 1.73. The molecule has 0 radical (unpaired) electrons. The van der Waals surface area contributed by atoms with Crippen LogP contribution in [0, 0.1) is 6.92 Å². The SMILES string of the molecule is Cc1nn(-c2ccccn2)c2c1[C@@H](c1ccc(C(C)C)cc1)SCC(=O)N2. The van der Waals surface area contributed by atoms with Crippen molar-refractivity contribution in [1.82, 2.24) is 14.8 Å². The highest BCUT2D eigenvalue weighted by Crippen LogP contribution is 2.43. The number of benzene rings is 1. The summed E-state index contributed by atoms with van der Waals surface area (Å²) in [6.45, 7) is 6.38. The van der Waals surface area contributed by atoms with Crippen molar-refractivity contribution in [2.24, 2.45) is 0 Å². The van der Waals surface area contributed by atoms with Crippen LogP contribution in [0.4, 0.5) is 5.82 Å². The molecule has 1 amide bonds. The zero-order chi connectivity index (χ0) is 19.0. The van der Waals surface area contributed by atoms with Gasteiger partial charge in [0.05, 0.1) is 16.7 Å². The number of carbonyl (C=O) groups excluding carboxylic acids is 1. The number of amides is 1. The molecule has 0 unspecified atom stereocenters. The van der Waals surface area contributed by atoms with E-state index in [2.05, 4.69) is 53.5 Å². The molecule has 27 heavy (non-hydrogen) atoms. The Morgan fingerprint density at radius 2 is 1.96 bits per heavy atom. The summed E-state index contributed by atoms with van der Waals surface area (Å²) in [5.74, 6) is 2.31. The average molecular weight is 379 g/mol. The second-order valence-corrected chi connectivity index (χ2v) is 8.10. The maximum atomic E-state index is 12.4. The Labute approximate surface area is 163 Å². The third kappa shape index (κ3) is 3.37. The quantitative estimate of drug-likeness (QED) is 0.730. The van der Waals surface area contributed by atoms with Gasteiger partial charge in [0.15, 0.2) is 5.82 Å². The number of thioether (sulfide) groups is 1. The molecule has 1 N–H and O–H groups in total. The minimum absolute atomic E-state index is 0.0142. The second kappa shape index (κ2) is 7.19. The monoisotopic (exact) mass is 378 g/mol. The number of aryl methyl sites for hydroxylation is 1. The molecule has 3 heterocycles. The van der Waals surface area contributed by atoms with Crippen molar-refractivity contribution in [2.75, 3.05) is 11.1 Å². The topological polar surface area (TPSA) is 59.8 Å². The molecule has 0 aliphatic carbocycles. The first-order valence-corrected chi connectivity index (χ1v) is 10.1. The number of rotatable bonds is 3. The number of aromatic nitrogens is 3. The number of nitrogens with one attached hydrogen (secondary N) is 1. The van der Waals surface area contributed by atoms with E-state index in [4.69, 9.17) is 0 Å². The molecule has 0 saturated heterocycles. The van der Waals surface area contributed by atoms with Gasteiger partial charge in [0.25, 0.3) is 0 Å². The van der Waals surface area contributed by atoms with Gasteiger partial charge in [-0.25, -0.2) is 4.98 Å². The van der Waals surface area contributed by atoms with Gasteiger partial charge in [0.2, 0.25) is 5.91 Å². The van der Waals surface area contributed by atoms with E-state index in [-0.39, 0.29) is 11.2 Å². The standard InChI is InChI=1S/C21H22N4OS/c1-13(2)15-7-9-16(10-8-15)20-19-14(3)24-25(17-6-4-5-11-22-17)21(19)23-18(26)12-27-20/h4-11,13,20H,12H2,1-3H3,(H,23,26)/t20-/m1/s1. The van der Waals surface area contributed by atoms with Gasteiger partial charge in [-0.15, -0.1) is 11.8 Å². The van der Waals surface area contributed by atoms with Gasteiger partial charge in [-0.1, -0.05) is 44.2 Å². The van der Waals surface area contributed by atoms with E-state index < -0.39 is 0 Å². The minimum atomic E-state index is -0.0142. The molecular weight excluding hydrogens is 356 g/mol. The molecule has 1 aromatic carbocycles. The summed E-state index contributed by atoms with van der Waals surface area (Å²) in [7, 11) is 0.